The SMILES string of the molecule is Cc1ccc(-n2ncc3c(N4CCCCC4)ncnc32)cc1C. The van der Waals surface area contributed by atoms with E-state index < -0.39 is 0 Å². The van der Waals surface area contributed by atoms with Crippen molar-refractivity contribution >= 4 is 16.9 Å². The Morgan fingerprint density at radius 2 is 1.78 bits per heavy atom. The van der Waals surface area contributed by atoms with Gasteiger partial charge in [0.25, 0.3) is 0 Å². The van der Waals surface area contributed by atoms with E-state index in [2.05, 4.69) is 52.0 Å². The molecule has 1 aliphatic heterocycles. The maximum Gasteiger partial charge on any atom is 0.168 e. The molecule has 0 spiro atoms. The van der Waals surface area contributed by atoms with Crippen LogP contribution in [0.2, 0.25) is 0 Å². The van der Waals surface area contributed by atoms with Crippen molar-refractivity contribution in [3.05, 3.63) is 41.9 Å². The number of piperidine rings is 1. The van der Waals surface area contributed by atoms with Crippen LogP contribution in [0.4, 0.5) is 5.82 Å². The highest BCUT2D eigenvalue weighted by molar-refractivity contribution is 5.87. The zero-order chi connectivity index (χ0) is 15.8. The van der Waals surface area contributed by atoms with Gasteiger partial charge in [-0.15, -0.1) is 0 Å². The highest BCUT2D eigenvalue weighted by Gasteiger charge is 2.18. The van der Waals surface area contributed by atoms with Gasteiger partial charge in [-0.2, -0.15) is 5.10 Å². The van der Waals surface area contributed by atoms with Crippen molar-refractivity contribution in [1.29, 1.82) is 0 Å². The molecule has 5 nitrogen and oxygen atoms in total. The summed E-state index contributed by atoms with van der Waals surface area (Å²) in [4.78, 5) is 11.4. The van der Waals surface area contributed by atoms with Crippen molar-refractivity contribution in [1.82, 2.24) is 19.7 Å². The van der Waals surface area contributed by atoms with Crippen LogP contribution in [0.3, 0.4) is 0 Å². The summed E-state index contributed by atoms with van der Waals surface area (Å²) in [5.41, 5.74) is 4.47. The van der Waals surface area contributed by atoms with Crippen LogP contribution < -0.4 is 4.90 Å². The fourth-order valence-electron chi connectivity index (χ4n) is 3.24. The van der Waals surface area contributed by atoms with Crippen LogP contribution in [-0.4, -0.2) is 32.8 Å². The quantitative estimate of drug-likeness (QED) is 0.728. The van der Waals surface area contributed by atoms with Gasteiger partial charge < -0.3 is 4.90 Å². The molecule has 3 heterocycles. The fourth-order valence-corrected chi connectivity index (χ4v) is 3.24. The summed E-state index contributed by atoms with van der Waals surface area (Å²) < 4.78 is 1.91. The van der Waals surface area contributed by atoms with E-state index in [0.29, 0.717) is 0 Å². The largest absolute Gasteiger partial charge is 0.356 e. The summed E-state index contributed by atoms with van der Waals surface area (Å²) in [7, 11) is 0. The summed E-state index contributed by atoms with van der Waals surface area (Å²) in [5.74, 6) is 1.02. The van der Waals surface area contributed by atoms with Gasteiger partial charge in [0.15, 0.2) is 5.65 Å². The van der Waals surface area contributed by atoms with Gasteiger partial charge in [0.05, 0.1) is 17.3 Å². The van der Waals surface area contributed by atoms with Crippen molar-refractivity contribution in [2.75, 3.05) is 18.0 Å². The van der Waals surface area contributed by atoms with Crippen LogP contribution >= 0.6 is 0 Å². The smallest absolute Gasteiger partial charge is 0.168 e. The molecule has 1 aliphatic rings. The molecule has 0 radical (unpaired) electrons. The molecule has 1 aromatic carbocycles. The Hall–Kier alpha value is -2.43. The fraction of sp³-hybridized carbons (Fsp3) is 0.389. The van der Waals surface area contributed by atoms with E-state index >= 15 is 0 Å². The highest BCUT2D eigenvalue weighted by atomic mass is 15.3. The van der Waals surface area contributed by atoms with Crippen molar-refractivity contribution in [3.63, 3.8) is 0 Å². The van der Waals surface area contributed by atoms with Gasteiger partial charge in [-0.1, -0.05) is 6.07 Å². The number of aromatic nitrogens is 4. The summed E-state index contributed by atoms with van der Waals surface area (Å²) >= 11 is 0. The molecule has 23 heavy (non-hydrogen) atoms. The lowest BCUT2D eigenvalue weighted by atomic mass is 10.1. The molecule has 1 fully saturated rings. The second-order valence-electron chi connectivity index (χ2n) is 6.31. The summed E-state index contributed by atoms with van der Waals surface area (Å²) in [6.07, 6.45) is 7.33. The Balaban J connectivity index is 1.82. The molecule has 0 atom stereocenters. The van der Waals surface area contributed by atoms with E-state index in [0.717, 1.165) is 35.6 Å². The number of nitrogens with zero attached hydrogens (tertiary/aromatic N) is 5. The molecule has 0 bridgehead atoms. The molecule has 5 heteroatoms. The molecular formula is C18H21N5. The van der Waals surface area contributed by atoms with E-state index in [1.807, 2.05) is 10.9 Å². The Kier molecular flexibility index (Phi) is 3.48. The van der Waals surface area contributed by atoms with Gasteiger partial charge in [0, 0.05) is 13.1 Å². The van der Waals surface area contributed by atoms with Crippen LogP contribution in [0.25, 0.3) is 16.7 Å². The van der Waals surface area contributed by atoms with E-state index in [1.165, 1.54) is 30.4 Å². The number of hydrogen-bond donors (Lipinski definition) is 0. The third-order valence-corrected chi connectivity index (χ3v) is 4.74. The number of anilines is 1. The third-order valence-electron chi connectivity index (χ3n) is 4.74. The Morgan fingerprint density at radius 1 is 0.957 bits per heavy atom. The normalized spacial score (nSPS) is 15.3. The van der Waals surface area contributed by atoms with Crippen LogP contribution in [0, 0.1) is 13.8 Å². The Labute approximate surface area is 136 Å². The number of benzene rings is 1. The zero-order valence-electron chi connectivity index (χ0n) is 13.7. The van der Waals surface area contributed by atoms with E-state index in [9.17, 15) is 0 Å². The maximum absolute atomic E-state index is 4.58. The molecule has 0 aliphatic carbocycles. The van der Waals surface area contributed by atoms with E-state index in [-0.39, 0.29) is 0 Å². The van der Waals surface area contributed by atoms with Crippen LogP contribution in [-0.2, 0) is 0 Å². The van der Waals surface area contributed by atoms with Crippen molar-refractivity contribution in [3.8, 4) is 5.69 Å². The van der Waals surface area contributed by atoms with Crippen molar-refractivity contribution < 1.29 is 0 Å². The molecule has 118 valence electrons. The Bertz CT molecular complexity index is 846. The molecule has 0 N–H and O–H groups in total. The van der Waals surface area contributed by atoms with Crippen molar-refractivity contribution in [2.45, 2.75) is 33.1 Å². The predicted molar refractivity (Wildman–Crippen MR) is 92.2 cm³/mol. The van der Waals surface area contributed by atoms with Gasteiger partial charge in [-0.25, -0.2) is 14.6 Å². The molecular weight excluding hydrogens is 286 g/mol. The lowest BCUT2D eigenvalue weighted by molar-refractivity contribution is 0.574. The minimum absolute atomic E-state index is 0.879. The third kappa shape index (κ3) is 2.46. The maximum atomic E-state index is 4.58. The molecule has 1 saturated heterocycles. The zero-order valence-corrected chi connectivity index (χ0v) is 13.7. The first-order chi connectivity index (χ1) is 11.2. The minimum atomic E-state index is 0.879. The lowest BCUT2D eigenvalue weighted by Gasteiger charge is -2.27. The van der Waals surface area contributed by atoms with E-state index in [4.69, 9.17) is 0 Å². The van der Waals surface area contributed by atoms with Gasteiger partial charge in [-0.05, 0) is 56.4 Å². The van der Waals surface area contributed by atoms with Crippen LogP contribution in [0.1, 0.15) is 30.4 Å². The second-order valence-corrected chi connectivity index (χ2v) is 6.31. The molecule has 0 saturated carbocycles. The molecule has 0 amide bonds. The molecule has 3 aromatic rings. The highest BCUT2D eigenvalue weighted by Crippen LogP contribution is 2.27. The van der Waals surface area contributed by atoms with E-state index in [1.54, 1.807) is 6.33 Å². The average Bonchev–Trinajstić information content (AvgIpc) is 3.02. The summed E-state index contributed by atoms with van der Waals surface area (Å²) in [6, 6.07) is 6.38. The van der Waals surface area contributed by atoms with Crippen LogP contribution in [0.15, 0.2) is 30.7 Å². The molecule has 2 aromatic heterocycles. The summed E-state index contributed by atoms with van der Waals surface area (Å²) in [5, 5.41) is 5.61. The molecule has 0 unspecified atom stereocenters. The lowest BCUT2D eigenvalue weighted by Crippen LogP contribution is -2.30. The first kappa shape index (κ1) is 14.2. The van der Waals surface area contributed by atoms with Crippen molar-refractivity contribution in [2.24, 2.45) is 0 Å². The standard InChI is InChI=1S/C18H21N5/c1-13-6-7-15(10-14(13)2)23-18-16(11-21-23)17(19-12-20-18)22-8-4-3-5-9-22/h6-7,10-12H,3-5,8-9H2,1-2H3. The van der Waals surface area contributed by atoms with Gasteiger partial charge in [0.2, 0.25) is 0 Å². The monoisotopic (exact) mass is 307 g/mol. The van der Waals surface area contributed by atoms with Gasteiger partial charge in [0.1, 0.15) is 12.1 Å². The van der Waals surface area contributed by atoms with Crippen LogP contribution in [0.5, 0.6) is 0 Å². The first-order valence-electron chi connectivity index (χ1n) is 8.25. The number of hydrogen-bond acceptors (Lipinski definition) is 4. The minimum Gasteiger partial charge on any atom is -0.356 e. The second kappa shape index (κ2) is 5.65. The predicted octanol–water partition coefficient (Wildman–Crippen LogP) is 3.42. The Morgan fingerprint density at radius 3 is 2.57 bits per heavy atom. The average molecular weight is 307 g/mol. The van der Waals surface area contributed by atoms with Gasteiger partial charge >= 0.3 is 0 Å². The number of aryl methyl sites for hydroxylation is 2. The number of rotatable bonds is 2. The first-order valence-corrected chi connectivity index (χ1v) is 8.25. The summed E-state index contributed by atoms with van der Waals surface area (Å²) in [6.45, 7) is 6.39. The number of fused-ring (bicyclic) bond motifs is 1. The van der Waals surface area contributed by atoms with Gasteiger partial charge in [-0.3, -0.25) is 0 Å². The topological polar surface area (TPSA) is 46.8 Å². The molecule has 4 rings (SSSR count).